The molecule has 1 aliphatic carbocycles. The summed E-state index contributed by atoms with van der Waals surface area (Å²) in [6.07, 6.45) is 10.2. The second-order valence-corrected chi connectivity index (χ2v) is 13.4. The van der Waals surface area contributed by atoms with Crippen LogP contribution in [-0.2, 0) is 11.3 Å². The standard InChI is InChI=1S/C35H44N2O3S2/c1-25-11-9-10-16-30(25)32-22-27(17-18-31(32)34(38)37-33(35(39)40)19-20-41-2)23-36-28(21-26-12-5-3-6-13-26)24-42-29-14-7-4-8-15-29/h4,7-11,14-18,22,26,28,33,36H,3,5-6,12-13,19-21,23-24H2,1-2H3,(H,37,38)(H,39,40)/t28?,33-/m0/s1. The van der Waals surface area contributed by atoms with Gasteiger partial charge in [-0.3, -0.25) is 4.79 Å². The number of carbonyl (C=O) groups is 2. The monoisotopic (exact) mass is 604 g/mol. The van der Waals surface area contributed by atoms with E-state index < -0.39 is 12.0 Å². The normalized spacial score (nSPS) is 15.2. The molecule has 5 nitrogen and oxygen atoms in total. The van der Waals surface area contributed by atoms with E-state index in [1.165, 1.54) is 43.4 Å². The zero-order chi connectivity index (χ0) is 29.7. The lowest BCUT2D eigenvalue weighted by molar-refractivity contribution is -0.139. The predicted molar refractivity (Wildman–Crippen MR) is 177 cm³/mol. The number of aryl methyl sites for hydroxylation is 1. The second kappa shape index (κ2) is 16.8. The SMILES string of the molecule is CSCC[C@H](NC(=O)c1ccc(CNC(CSc2ccccc2)CC2CCCCC2)cc1-c1ccccc1C)C(=O)O. The molecule has 1 unspecified atom stereocenters. The maximum Gasteiger partial charge on any atom is 0.326 e. The number of carboxylic acid groups (broad SMARTS) is 1. The number of aliphatic carboxylic acids is 1. The molecule has 1 fully saturated rings. The summed E-state index contributed by atoms with van der Waals surface area (Å²) in [6, 6.07) is 24.1. The average Bonchev–Trinajstić information content (AvgIpc) is 3.01. The molecule has 1 amide bonds. The molecule has 0 heterocycles. The summed E-state index contributed by atoms with van der Waals surface area (Å²) in [5.41, 5.74) is 4.51. The first-order valence-electron chi connectivity index (χ1n) is 15.1. The van der Waals surface area contributed by atoms with Crippen LogP contribution in [0.25, 0.3) is 11.1 Å². The highest BCUT2D eigenvalue weighted by Gasteiger charge is 2.23. The van der Waals surface area contributed by atoms with Gasteiger partial charge in [-0.15, -0.1) is 11.8 Å². The van der Waals surface area contributed by atoms with Gasteiger partial charge in [0.05, 0.1) is 0 Å². The van der Waals surface area contributed by atoms with Gasteiger partial charge in [0.1, 0.15) is 6.04 Å². The third-order valence-electron chi connectivity index (χ3n) is 8.11. The fraction of sp³-hybridized carbons (Fsp3) is 0.429. The number of carbonyl (C=O) groups excluding carboxylic acids is 1. The van der Waals surface area contributed by atoms with E-state index in [9.17, 15) is 14.7 Å². The minimum Gasteiger partial charge on any atom is -0.480 e. The molecule has 0 spiro atoms. The molecule has 0 bridgehead atoms. The molecule has 7 heteroatoms. The third kappa shape index (κ3) is 9.65. The lowest BCUT2D eigenvalue weighted by Crippen LogP contribution is -2.41. The number of thioether (sulfide) groups is 2. The van der Waals surface area contributed by atoms with Gasteiger partial charge in [-0.25, -0.2) is 4.79 Å². The fourth-order valence-corrected chi connectivity index (χ4v) is 7.21. The number of hydrogen-bond donors (Lipinski definition) is 3. The molecule has 1 saturated carbocycles. The Morgan fingerprint density at radius 2 is 1.69 bits per heavy atom. The van der Waals surface area contributed by atoms with E-state index in [0.29, 0.717) is 30.3 Å². The van der Waals surface area contributed by atoms with E-state index in [2.05, 4.69) is 47.0 Å². The first-order chi connectivity index (χ1) is 20.4. The largest absolute Gasteiger partial charge is 0.480 e. The molecule has 4 rings (SSSR count). The summed E-state index contributed by atoms with van der Waals surface area (Å²) >= 11 is 3.48. The van der Waals surface area contributed by atoms with Crippen LogP contribution in [0.1, 0.15) is 66.4 Å². The Kier molecular flexibility index (Phi) is 12.9. The molecular formula is C35H44N2O3S2. The van der Waals surface area contributed by atoms with Gasteiger partial charge >= 0.3 is 5.97 Å². The quantitative estimate of drug-likeness (QED) is 0.154. The molecule has 0 aromatic heterocycles. The number of rotatable bonds is 15. The number of nitrogens with one attached hydrogen (secondary N) is 2. The van der Waals surface area contributed by atoms with Crippen molar-refractivity contribution in [3.05, 3.63) is 89.5 Å². The summed E-state index contributed by atoms with van der Waals surface area (Å²) in [6.45, 7) is 2.75. The van der Waals surface area contributed by atoms with E-state index >= 15 is 0 Å². The van der Waals surface area contributed by atoms with Gasteiger partial charge in [-0.1, -0.05) is 80.6 Å². The number of benzene rings is 3. The summed E-state index contributed by atoms with van der Waals surface area (Å²) in [4.78, 5) is 26.6. The van der Waals surface area contributed by atoms with Crippen LogP contribution in [0.3, 0.4) is 0 Å². The van der Waals surface area contributed by atoms with Gasteiger partial charge in [-0.05, 0) is 84.2 Å². The molecule has 1 aliphatic rings. The van der Waals surface area contributed by atoms with Crippen LogP contribution in [0.4, 0.5) is 0 Å². The smallest absolute Gasteiger partial charge is 0.326 e. The zero-order valence-electron chi connectivity index (χ0n) is 24.8. The Morgan fingerprint density at radius 3 is 2.40 bits per heavy atom. The molecular weight excluding hydrogens is 561 g/mol. The highest BCUT2D eigenvalue weighted by atomic mass is 32.2. The molecule has 224 valence electrons. The average molecular weight is 605 g/mol. The van der Waals surface area contributed by atoms with E-state index in [-0.39, 0.29) is 5.91 Å². The predicted octanol–water partition coefficient (Wildman–Crippen LogP) is 7.82. The van der Waals surface area contributed by atoms with Crippen molar-refractivity contribution in [1.29, 1.82) is 0 Å². The van der Waals surface area contributed by atoms with E-state index in [4.69, 9.17) is 0 Å². The topological polar surface area (TPSA) is 78.4 Å². The van der Waals surface area contributed by atoms with Crippen molar-refractivity contribution in [3.63, 3.8) is 0 Å². The molecule has 42 heavy (non-hydrogen) atoms. The fourth-order valence-electron chi connectivity index (χ4n) is 5.74. The van der Waals surface area contributed by atoms with Crippen LogP contribution < -0.4 is 10.6 Å². The first-order valence-corrected chi connectivity index (χ1v) is 17.4. The van der Waals surface area contributed by atoms with Crippen LogP contribution in [0.5, 0.6) is 0 Å². The minimum absolute atomic E-state index is 0.351. The van der Waals surface area contributed by atoms with E-state index in [1.54, 1.807) is 11.8 Å². The molecule has 3 aromatic rings. The van der Waals surface area contributed by atoms with Crippen molar-refractivity contribution < 1.29 is 14.7 Å². The summed E-state index contributed by atoms with van der Waals surface area (Å²) in [5.74, 6) is 1.09. The van der Waals surface area contributed by atoms with Gasteiger partial charge in [0, 0.05) is 28.8 Å². The molecule has 3 N–H and O–H groups in total. The molecule has 0 aliphatic heterocycles. The molecule has 0 radical (unpaired) electrons. The van der Waals surface area contributed by atoms with Gasteiger partial charge < -0.3 is 15.7 Å². The van der Waals surface area contributed by atoms with E-state index in [0.717, 1.165) is 33.9 Å². The van der Waals surface area contributed by atoms with Crippen LogP contribution in [0.15, 0.2) is 77.7 Å². The van der Waals surface area contributed by atoms with Crippen molar-refractivity contribution in [2.45, 2.75) is 75.4 Å². The lowest BCUT2D eigenvalue weighted by Gasteiger charge is -2.27. The second-order valence-electron chi connectivity index (χ2n) is 11.3. The molecule has 0 saturated heterocycles. The van der Waals surface area contributed by atoms with Gasteiger partial charge in [0.15, 0.2) is 0 Å². The van der Waals surface area contributed by atoms with Gasteiger partial charge in [-0.2, -0.15) is 11.8 Å². The zero-order valence-corrected chi connectivity index (χ0v) is 26.4. The van der Waals surface area contributed by atoms with Crippen LogP contribution in [0.2, 0.25) is 0 Å². The maximum atomic E-state index is 13.4. The summed E-state index contributed by atoms with van der Waals surface area (Å²) in [5, 5.41) is 16.3. The van der Waals surface area contributed by atoms with Crippen molar-refractivity contribution >= 4 is 35.4 Å². The minimum atomic E-state index is -1.01. The number of amides is 1. The molecule has 2 atom stereocenters. The Labute approximate surface area is 259 Å². The van der Waals surface area contributed by atoms with Gasteiger partial charge in [0.25, 0.3) is 5.91 Å². The Morgan fingerprint density at radius 1 is 0.952 bits per heavy atom. The van der Waals surface area contributed by atoms with Crippen LogP contribution in [0, 0.1) is 12.8 Å². The number of hydrogen-bond acceptors (Lipinski definition) is 5. The maximum absolute atomic E-state index is 13.4. The summed E-state index contributed by atoms with van der Waals surface area (Å²) in [7, 11) is 0. The van der Waals surface area contributed by atoms with Crippen molar-refractivity contribution in [1.82, 2.24) is 10.6 Å². The molecule has 3 aromatic carbocycles. The summed E-state index contributed by atoms with van der Waals surface area (Å²) < 4.78 is 0. The Balaban J connectivity index is 1.54. The third-order valence-corrected chi connectivity index (χ3v) is 9.93. The van der Waals surface area contributed by atoms with Crippen molar-refractivity contribution in [2.24, 2.45) is 5.92 Å². The lowest BCUT2D eigenvalue weighted by atomic mass is 9.85. The first kappa shape index (κ1) is 32.2. The van der Waals surface area contributed by atoms with Crippen LogP contribution >= 0.6 is 23.5 Å². The van der Waals surface area contributed by atoms with E-state index in [1.807, 2.05) is 61.3 Å². The highest BCUT2D eigenvalue weighted by molar-refractivity contribution is 7.99. The van der Waals surface area contributed by atoms with Gasteiger partial charge in [0.2, 0.25) is 0 Å². The Bertz CT molecular complexity index is 1290. The van der Waals surface area contributed by atoms with Crippen molar-refractivity contribution in [2.75, 3.05) is 17.8 Å². The van der Waals surface area contributed by atoms with Crippen molar-refractivity contribution in [3.8, 4) is 11.1 Å². The Hall–Kier alpha value is -2.74. The van der Waals surface area contributed by atoms with Crippen LogP contribution in [-0.4, -0.2) is 46.8 Å². The highest BCUT2D eigenvalue weighted by Crippen LogP contribution is 2.31. The number of carboxylic acids is 1.